The van der Waals surface area contributed by atoms with E-state index < -0.39 is 0 Å². The summed E-state index contributed by atoms with van der Waals surface area (Å²) in [5.74, 6) is 1.71. The van der Waals surface area contributed by atoms with Gasteiger partial charge in [-0.1, -0.05) is 47.5 Å². The Balaban J connectivity index is 3.83. The van der Waals surface area contributed by atoms with Crippen LogP contribution < -0.4 is 5.32 Å². The molecule has 1 unspecified atom stereocenters. The van der Waals surface area contributed by atoms with Crippen molar-refractivity contribution in [1.82, 2.24) is 5.32 Å². The lowest BCUT2D eigenvalue weighted by Crippen LogP contribution is -2.34. The molecule has 0 aromatic carbocycles. The molecule has 15 heavy (non-hydrogen) atoms. The molecule has 92 valence electrons. The van der Waals surface area contributed by atoms with Gasteiger partial charge in [0.1, 0.15) is 0 Å². The lowest BCUT2D eigenvalue weighted by atomic mass is 9.91. The van der Waals surface area contributed by atoms with Gasteiger partial charge in [-0.15, -0.1) is 0 Å². The summed E-state index contributed by atoms with van der Waals surface area (Å²) in [6.07, 6.45) is 6.68. The third-order valence-electron chi connectivity index (χ3n) is 3.50. The molecule has 1 atom stereocenters. The summed E-state index contributed by atoms with van der Waals surface area (Å²) < 4.78 is 0. The fraction of sp³-hybridized carbons (Fsp3) is 1.00. The van der Waals surface area contributed by atoms with Crippen molar-refractivity contribution in [1.29, 1.82) is 0 Å². The van der Waals surface area contributed by atoms with Crippen molar-refractivity contribution < 1.29 is 0 Å². The summed E-state index contributed by atoms with van der Waals surface area (Å²) in [6, 6.07) is 0.727. The van der Waals surface area contributed by atoms with Gasteiger partial charge in [0.25, 0.3) is 0 Å². The molecular formula is C14H31N. The highest BCUT2D eigenvalue weighted by Crippen LogP contribution is 2.18. The lowest BCUT2D eigenvalue weighted by Gasteiger charge is -2.24. The minimum Gasteiger partial charge on any atom is -0.314 e. The maximum Gasteiger partial charge on any atom is 0.00901 e. The average molecular weight is 213 g/mol. The van der Waals surface area contributed by atoms with Crippen LogP contribution in [0, 0.1) is 11.8 Å². The van der Waals surface area contributed by atoms with Crippen LogP contribution in [0.2, 0.25) is 0 Å². The normalized spacial score (nSPS) is 13.8. The Hall–Kier alpha value is -0.0400. The summed E-state index contributed by atoms with van der Waals surface area (Å²) in [5, 5.41) is 3.67. The fourth-order valence-electron chi connectivity index (χ4n) is 2.11. The monoisotopic (exact) mass is 213 g/mol. The molecule has 0 aromatic rings. The number of rotatable bonds is 9. The molecule has 0 amide bonds. The van der Waals surface area contributed by atoms with E-state index in [1.54, 1.807) is 0 Å². The highest BCUT2D eigenvalue weighted by Gasteiger charge is 2.14. The predicted octanol–water partition coefficient (Wildman–Crippen LogP) is 4.23. The Morgan fingerprint density at radius 2 is 1.53 bits per heavy atom. The fourth-order valence-corrected chi connectivity index (χ4v) is 2.11. The molecule has 0 saturated carbocycles. The zero-order valence-electron chi connectivity index (χ0n) is 11.5. The van der Waals surface area contributed by atoms with Crippen LogP contribution in [0.5, 0.6) is 0 Å². The molecule has 0 radical (unpaired) electrons. The first kappa shape index (κ1) is 15.0. The van der Waals surface area contributed by atoms with Crippen molar-refractivity contribution in [3.05, 3.63) is 0 Å². The molecule has 0 fully saturated rings. The smallest absolute Gasteiger partial charge is 0.00901 e. The number of nitrogens with one attached hydrogen (secondary N) is 1. The van der Waals surface area contributed by atoms with Crippen molar-refractivity contribution >= 4 is 0 Å². The second-order valence-corrected chi connectivity index (χ2v) is 5.06. The minimum atomic E-state index is 0.727. The van der Waals surface area contributed by atoms with E-state index in [0.29, 0.717) is 0 Å². The third kappa shape index (κ3) is 6.94. The van der Waals surface area contributed by atoms with E-state index in [1.807, 2.05) is 0 Å². The second kappa shape index (κ2) is 9.21. The molecule has 0 spiro atoms. The van der Waals surface area contributed by atoms with Crippen LogP contribution in [0.25, 0.3) is 0 Å². The van der Waals surface area contributed by atoms with Gasteiger partial charge in [0, 0.05) is 6.04 Å². The lowest BCUT2D eigenvalue weighted by molar-refractivity contribution is 0.330. The van der Waals surface area contributed by atoms with E-state index in [0.717, 1.165) is 17.9 Å². The first-order valence-electron chi connectivity index (χ1n) is 6.88. The molecule has 0 aliphatic carbocycles. The van der Waals surface area contributed by atoms with Crippen LogP contribution in [0.4, 0.5) is 0 Å². The van der Waals surface area contributed by atoms with Crippen LogP contribution in [-0.4, -0.2) is 12.6 Å². The van der Waals surface area contributed by atoms with E-state index in [9.17, 15) is 0 Å². The van der Waals surface area contributed by atoms with Crippen LogP contribution in [0.3, 0.4) is 0 Å². The predicted molar refractivity (Wildman–Crippen MR) is 70.2 cm³/mol. The second-order valence-electron chi connectivity index (χ2n) is 5.06. The van der Waals surface area contributed by atoms with Crippen molar-refractivity contribution in [2.75, 3.05) is 6.54 Å². The molecule has 0 rings (SSSR count). The third-order valence-corrected chi connectivity index (χ3v) is 3.50. The van der Waals surface area contributed by atoms with Gasteiger partial charge in [0.05, 0.1) is 0 Å². The number of hydrogen-bond acceptors (Lipinski definition) is 1. The van der Waals surface area contributed by atoms with Crippen molar-refractivity contribution in [2.24, 2.45) is 11.8 Å². The maximum atomic E-state index is 3.67. The summed E-state index contributed by atoms with van der Waals surface area (Å²) in [7, 11) is 0. The first-order valence-corrected chi connectivity index (χ1v) is 6.88. The topological polar surface area (TPSA) is 12.0 Å². The summed E-state index contributed by atoms with van der Waals surface area (Å²) in [6.45, 7) is 12.7. The highest BCUT2D eigenvalue weighted by atomic mass is 14.9. The van der Waals surface area contributed by atoms with E-state index >= 15 is 0 Å². The Morgan fingerprint density at radius 3 is 1.93 bits per heavy atom. The van der Waals surface area contributed by atoms with Crippen molar-refractivity contribution in [3.63, 3.8) is 0 Å². The molecule has 0 bridgehead atoms. The van der Waals surface area contributed by atoms with Crippen LogP contribution in [0.1, 0.15) is 66.7 Å². The van der Waals surface area contributed by atoms with Gasteiger partial charge in [0.2, 0.25) is 0 Å². The van der Waals surface area contributed by atoms with Gasteiger partial charge in [-0.3, -0.25) is 0 Å². The van der Waals surface area contributed by atoms with Gasteiger partial charge >= 0.3 is 0 Å². The van der Waals surface area contributed by atoms with Crippen LogP contribution in [-0.2, 0) is 0 Å². The highest BCUT2D eigenvalue weighted by molar-refractivity contribution is 4.71. The molecule has 1 N–H and O–H groups in total. The van der Waals surface area contributed by atoms with Crippen LogP contribution >= 0.6 is 0 Å². The Morgan fingerprint density at radius 1 is 0.933 bits per heavy atom. The van der Waals surface area contributed by atoms with E-state index in [4.69, 9.17) is 0 Å². The van der Waals surface area contributed by atoms with E-state index in [-0.39, 0.29) is 0 Å². The van der Waals surface area contributed by atoms with Gasteiger partial charge in [-0.05, 0) is 37.6 Å². The van der Waals surface area contributed by atoms with E-state index in [2.05, 4.69) is 39.9 Å². The molecule has 0 saturated heterocycles. The van der Waals surface area contributed by atoms with Gasteiger partial charge in [0.15, 0.2) is 0 Å². The largest absolute Gasteiger partial charge is 0.314 e. The molecule has 1 nitrogen and oxygen atoms in total. The summed E-state index contributed by atoms with van der Waals surface area (Å²) in [4.78, 5) is 0. The minimum absolute atomic E-state index is 0.727. The van der Waals surface area contributed by atoms with Gasteiger partial charge in [-0.2, -0.15) is 0 Å². The maximum absolute atomic E-state index is 3.67. The zero-order chi connectivity index (χ0) is 11.7. The Kier molecular flexibility index (Phi) is 9.18. The SMILES string of the molecule is CCCNC(CCC(CC)CC)C(C)C. The summed E-state index contributed by atoms with van der Waals surface area (Å²) >= 11 is 0. The summed E-state index contributed by atoms with van der Waals surface area (Å²) in [5.41, 5.74) is 0. The Labute approximate surface area is 97.0 Å². The zero-order valence-corrected chi connectivity index (χ0v) is 11.5. The number of hydrogen-bond donors (Lipinski definition) is 1. The average Bonchev–Trinajstić information content (AvgIpc) is 2.23. The van der Waals surface area contributed by atoms with Crippen LogP contribution in [0.15, 0.2) is 0 Å². The molecule has 0 aliphatic heterocycles. The van der Waals surface area contributed by atoms with Crippen molar-refractivity contribution in [3.8, 4) is 0 Å². The quantitative estimate of drug-likeness (QED) is 0.604. The molecular weight excluding hydrogens is 182 g/mol. The first-order chi connectivity index (χ1) is 7.15. The molecule has 0 heterocycles. The van der Waals surface area contributed by atoms with Gasteiger partial charge < -0.3 is 5.32 Å². The Bertz CT molecular complexity index is 127. The van der Waals surface area contributed by atoms with Crippen molar-refractivity contribution in [2.45, 2.75) is 72.8 Å². The van der Waals surface area contributed by atoms with Gasteiger partial charge in [-0.25, -0.2) is 0 Å². The molecule has 0 aliphatic rings. The van der Waals surface area contributed by atoms with E-state index in [1.165, 1.54) is 38.6 Å². The molecule has 0 aromatic heterocycles. The molecule has 1 heteroatoms. The standard InChI is InChI=1S/C14H31N/c1-6-11-15-14(12(4)5)10-9-13(7-2)8-3/h12-15H,6-11H2,1-5H3.